The molecule has 0 heterocycles. The third-order valence-electron chi connectivity index (χ3n) is 3.87. The lowest BCUT2D eigenvalue weighted by atomic mass is 10.2. The summed E-state index contributed by atoms with van der Waals surface area (Å²) in [7, 11) is -3.55. The average molecular weight is 426 g/mol. The number of hydrogen-bond acceptors (Lipinski definition) is 6. The fourth-order valence-corrected chi connectivity index (χ4v) is 3.77. The van der Waals surface area contributed by atoms with E-state index in [0.717, 1.165) is 6.08 Å². The van der Waals surface area contributed by atoms with Gasteiger partial charge in [-0.05, 0) is 37.6 Å². The number of benzene rings is 1. The molecule has 3 amide bonds. The number of sulfonamides is 1. The molecule has 0 aliphatic rings. The zero-order chi connectivity index (χ0) is 22.0. The molecule has 1 unspecified atom stereocenters. The third kappa shape index (κ3) is 7.31. The first-order chi connectivity index (χ1) is 13.6. The summed E-state index contributed by atoms with van der Waals surface area (Å²) >= 11 is 0. The van der Waals surface area contributed by atoms with Crippen LogP contribution in [-0.4, -0.2) is 56.4 Å². The van der Waals surface area contributed by atoms with E-state index in [1.807, 2.05) is 5.32 Å². The number of rotatable bonds is 9. The van der Waals surface area contributed by atoms with E-state index in [2.05, 4.69) is 5.32 Å². The second-order valence-electron chi connectivity index (χ2n) is 5.92. The van der Waals surface area contributed by atoms with Gasteiger partial charge in [0.15, 0.2) is 6.10 Å². The molecule has 1 aromatic rings. The van der Waals surface area contributed by atoms with Crippen molar-refractivity contribution in [1.82, 2.24) is 14.9 Å². The summed E-state index contributed by atoms with van der Waals surface area (Å²) in [5.74, 6) is -1.52. The lowest BCUT2D eigenvalue weighted by Gasteiger charge is -2.18. The van der Waals surface area contributed by atoms with Gasteiger partial charge in [0.25, 0.3) is 5.91 Å². The van der Waals surface area contributed by atoms with Crippen molar-refractivity contribution in [3.05, 3.63) is 35.9 Å². The van der Waals surface area contributed by atoms with Crippen LogP contribution in [0.25, 0.3) is 6.08 Å². The second-order valence-corrected chi connectivity index (χ2v) is 7.86. The molecule has 160 valence electrons. The number of carbonyl (C=O) groups is 3. The highest BCUT2D eigenvalue weighted by atomic mass is 32.2. The standard InChI is InChI=1S/C19H27N3O6S/c1-5-20-19(25)21-18(24)14(4)28-17(23)13-10-15-8-11-16(12-9-15)29(26,27)22(6-2)7-3/h8-14H,5-7H2,1-4H3,(H2,20,21,24,25). The number of hydrogen-bond donors (Lipinski definition) is 2. The number of nitrogens with zero attached hydrogens (tertiary/aromatic N) is 1. The van der Waals surface area contributed by atoms with Gasteiger partial charge in [-0.3, -0.25) is 10.1 Å². The first kappa shape index (κ1) is 24.3. The Kier molecular flexibility index (Phi) is 9.49. The molecule has 1 atom stereocenters. The van der Waals surface area contributed by atoms with Crippen molar-refractivity contribution in [2.75, 3.05) is 19.6 Å². The normalized spacial score (nSPS) is 12.6. The molecule has 0 saturated carbocycles. The minimum Gasteiger partial charge on any atom is -0.449 e. The summed E-state index contributed by atoms with van der Waals surface area (Å²) in [6.45, 7) is 7.67. The fourth-order valence-electron chi connectivity index (χ4n) is 2.31. The molecule has 0 saturated heterocycles. The third-order valence-corrected chi connectivity index (χ3v) is 5.94. The number of ether oxygens (including phenoxy) is 1. The molecule has 10 heteroatoms. The molecule has 2 N–H and O–H groups in total. The molecule has 0 aliphatic carbocycles. The van der Waals surface area contributed by atoms with Gasteiger partial charge in [0.1, 0.15) is 0 Å². The average Bonchev–Trinajstić information content (AvgIpc) is 2.67. The first-order valence-electron chi connectivity index (χ1n) is 9.23. The zero-order valence-corrected chi connectivity index (χ0v) is 17.8. The Balaban J connectivity index is 2.70. The van der Waals surface area contributed by atoms with Gasteiger partial charge < -0.3 is 10.1 Å². The SMILES string of the molecule is CCNC(=O)NC(=O)C(C)OC(=O)C=Cc1ccc(S(=O)(=O)N(CC)CC)cc1. The maximum atomic E-state index is 12.4. The van der Waals surface area contributed by atoms with Crippen LogP contribution in [0, 0.1) is 0 Å². The van der Waals surface area contributed by atoms with Crippen LogP contribution in [0.4, 0.5) is 4.79 Å². The van der Waals surface area contributed by atoms with Crippen LogP contribution >= 0.6 is 0 Å². The van der Waals surface area contributed by atoms with Gasteiger partial charge in [-0.1, -0.05) is 26.0 Å². The molecule has 0 spiro atoms. The summed E-state index contributed by atoms with van der Waals surface area (Å²) in [5.41, 5.74) is 0.583. The highest BCUT2D eigenvalue weighted by Crippen LogP contribution is 2.16. The van der Waals surface area contributed by atoms with Crippen LogP contribution in [0.2, 0.25) is 0 Å². The van der Waals surface area contributed by atoms with Crippen molar-refractivity contribution < 1.29 is 27.5 Å². The van der Waals surface area contributed by atoms with Gasteiger partial charge in [0, 0.05) is 25.7 Å². The van der Waals surface area contributed by atoms with Crippen LogP contribution in [0.15, 0.2) is 35.2 Å². The number of esters is 1. The van der Waals surface area contributed by atoms with Gasteiger partial charge in [-0.15, -0.1) is 0 Å². The topological polar surface area (TPSA) is 122 Å². The van der Waals surface area contributed by atoms with Crippen molar-refractivity contribution in [3.8, 4) is 0 Å². The molecule has 0 radical (unpaired) electrons. The highest BCUT2D eigenvalue weighted by Gasteiger charge is 2.21. The Morgan fingerprint density at radius 3 is 2.21 bits per heavy atom. The Labute approximate surface area is 171 Å². The zero-order valence-electron chi connectivity index (χ0n) is 17.0. The van der Waals surface area contributed by atoms with E-state index in [4.69, 9.17) is 4.74 Å². The minimum atomic E-state index is -3.55. The predicted molar refractivity (Wildman–Crippen MR) is 108 cm³/mol. The summed E-state index contributed by atoms with van der Waals surface area (Å²) in [4.78, 5) is 35.0. The maximum Gasteiger partial charge on any atom is 0.331 e. The van der Waals surface area contributed by atoms with E-state index >= 15 is 0 Å². The highest BCUT2D eigenvalue weighted by molar-refractivity contribution is 7.89. The lowest BCUT2D eigenvalue weighted by Crippen LogP contribution is -2.44. The Morgan fingerprint density at radius 2 is 1.69 bits per heavy atom. The van der Waals surface area contributed by atoms with Crippen LogP contribution in [-0.2, 0) is 24.3 Å². The fraction of sp³-hybridized carbons (Fsp3) is 0.421. The molecule has 0 aromatic heterocycles. The van der Waals surface area contributed by atoms with E-state index in [1.165, 1.54) is 29.4 Å². The van der Waals surface area contributed by atoms with E-state index in [9.17, 15) is 22.8 Å². The van der Waals surface area contributed by atoms with Crippen molar-refractivity contribution in [1.29, 1.82) is 0 Å². The van der Waals surface area contributed by atoms with Crippen LogP contribution in [0.3, 0.4) is 0 Å². The molecule has 29 heavy (non-hydrogen) atoms. The van der Waals surface area contributed by atoms with E-state index in [0.29, 0.717) is 25.2 Å². The Bertz CT molecular complexity index is 845. The van der Waals surface area contributed by atoms with Gasteiger partial charge in [-0.2, -0.15) is 4.31 Å². The van der Waals surface area contributed by atoms with Gasteiger partial charge in [0.2, 0.25) is 10.0 Å². The smallest absolute Gasteiger partial charge is 0.331 e. The van der Waals surface area contributed by atoms with E-state index in [-0.39, 0.29) is 4.90 Å². The largest absolute Gasteiger partial charge is 0.449 e. The molecule has 0 bridgehead atoms. The van der Waals surface area contributed by atoms with Crippen LogP contribution in [0.1, 0.15) is 33.3 Å². The molecular formula is C19H27N3O6S. The molecule has 0 fully saturated rings. The number of amides is 3. The van der Waals surface area contributed by atoms with Crippen molar-refractivity contribution in [2.24, 2.45) is 0 Å². The summed E-state index contributed by atoms with van der Waals surface area (Å²) < 4.78 is 31.2. The van der Waals surface area contributed by atoms with Crippen LogP contribution in [0.5, 0.6) is 0 Å². The number of urea groups is 1. The minimum absolute atomic E-state index is 0.163. The number of carbonyl (C=O) groups excluding carboxylic acids is 3. The van der Waals surface area contributed by atoms with E-state index < -0.39 is 34.0 Å². The summed E-state index contributed by atoms with van der Waals surface area (Å²) in [6.07, 6.45) is 1.39. The molecule has 0 aliphatic heterocycles. The lowest BCUT2D eigenvalue weighted by molar-refractivity contribution is -0.149. The van der Waals surface area contributed by atoms with Gasteiger partial charge in [0.05, 0.1) is 4.90 Å². The van der Waals surface area contributed by atoms with Gasteiger partial charge >= 0.3 is 12.0 Å². The summed E-state index contributed by atoms with van der Waals surface area (Å²) in [6, 6.07) is 5.37. The van der Waals surface area contributed by atoms with E-state index in [1.54, 1.807) is 32.9 Å². The predicted octanol–water partition coefficient (Wildman–Crippen LogP) is 1.51. The quantitative estimate of drug-likeness (QED) is 0.457. The number of imide groups is 1. The summed E-state index contributed by atoms with van der Waals surface area (Å²) in [5, 5.41) is 4.44. The Morgan fingerprint density at radius 1 is 1.10 bits per heavy atom. The molecule has 1 aromatic carbocycles. The number of nitrogens with one attached hydrogen (secondary N) is 2. The molecule has 9 nitrogen and oxygen atoms in total. The molecule has 1 rings (SSSR count). The second kappa shape index (κ2) is 11.3. The van der Waals surface area contributed by atoms with Crippen molar-refractivity contribution >= 4 is 34.0 Å². The monoisotopic (exact) mass is 425 g/mol. The van der Waals surface area contributed by atoms with Crippen LogP contribution < -0.4 is 10.6 Å². The van der Waals surface area contributed by atoms with Crippen molar-refractivity contribution in [3.63, 3.8) is 0 Å². The van der Waals surface area contributed by atoms with Crippen molar-refractivity contribution in [2.45, 2.75) is 38.7 Å². The Hall–Kier alpha value is -2.72. The van der Waals surface area contributed by atoms with Gasteiger partial charge in [-0.25, -0.2) is 18.0 Å². The first-order valence-corrected chi connectivity index (χ1v) is 10.7. The maximum absolute atomic E-state index is 12.4. The molecular weight excluding hydrogens is 398 g/mol.